The predicted molar refractivity (Wildman–Crippen MR) is 115 cm³/mol. The fourth-order valence-electron chi connectivity index (χ4n) is 3.30. The summed E-state index contributed by atoms with van der Waals surface area (Å²) in [6.45, 7) is 0. The van der Waals surface area contributed by atoms with Gasteiger partial charge in [-0.1, -0.05) is 60.7 Å². The highest BCUT2D eigenvalue weighted by atomic mass is 32.1. The van der Waals surface area contributed by atoms with Crippen molar-refractivity contribution in [3.05, 3.63) is 107 Å². The molecule has 4 aromatic rings. The molecule has 0 bridgehead atoms. The average molecular weight is 420 g/mol. The van der Waals surface area contributed by atoms with E-state index in [1.165, 1.54) is 11.3 Å². The molecule has 1 N–H and O–H groups in total. The predicted octanol–water partition coefficient (Wildman–Crippen LogP) is 6.25. The number of halogens is 2. The number of nitrogens with one attached hydrogen (secondary N) is 1. The first-order valence-electron chi connectivity index (χ1n) is 9.41. The molecule has 1 heterocycles. The Kier molecular flexibility index (Phi) is 5.95. The third-order valence-electron chi connectivity index (χ3n) is 4.75. The molecule has 3 nitrogen and oxygen atoms in total. The van der Waals surface area contributed by atoms with E-state index in [1.54, 1.807) is 5.38 Å². The normalized spacial score (nSPS) is 10.9. The van der Waals surface area contributed by atoms with Crippen LogP contribution in [0.1, 0.15) is 23.5 Å². The van der Waals surface area contributed by atoms with E-state index in [2.05, 4.69) is 10.3 Å². The van der Waals surface area contributed by atoms with Crippen molar-refractivity contribution in [2.45, 2.75) is 12.3 Å². The van der Waals surface area contributed by atoms with Crippen LogP contribution in [-0.2, 0) is 4.79 Å². The van der Waals surface area contributed by atoms with E-state index >= 15 is 0 Å². The third kappa shape index (κ3) is 4.60. The number of hydrogen-bond acceptors (Lipinski definition) is 3. The summed E-state index contributed by atoms with van der Waals surface area (Å²) in [4.78, 5) is 17.0. The molecule has 0 unspecified atom stereocenters. The van der Waals surface area contributed by atoms with Crippen molar-refractivity contribution in [1.29, 1.82) is 0 Å². The standard InChI is InChI=1S/C24H18F2N2OS/c25-18-11-12-21(26)20(13-18)22-15-30-24(27-22)28-23(29)14-19(16-7-3-1-4-8-16)17-9-5-2-6-10-17/h1-13,15,19H,14H2,(H,27,28,29). The first kappa shape index (κ1) is 19.9. The molecule has 3 aromatic carbocycles. The molecule has 0 atom stereocenters. The number of amides is 1. The summed E-state index contributed by atoms with van der Waals surface area (Å²) < 4.78 is 27.4. The maximum atomic E-state index is 14.0. The molecule has 30 heavy (non-hydrogen) atoms. The van der Waals surface area contributed by atoms with Crippen LogP contribution >= 0.6 is 11.3 Å². The van der Waals surface area contributed by atoms with E-state index < -0.39 is 11.6 Å². The largest absolute Gasteiger partial charge is 0.302 e. The number of rotatable bonds is 6. The van der Waals surface area contributed by atoms with E-state index in [0.29, 0.717) is 5.13 Å². The summed E-state index contributed by atoms with van der Waals surface area (Å²) >= 11 is 1.17. The smallest absolute Gasteiger partial charge is 0.227 e. The van der Waals surface area contributed by atoms with Crippen molar-refractivity contribution in [2.24, 2.45) is 0 Å². The van der Waals surface area contributed by atoms with Crippen LogP contribution in [0.4, 0.5) is 13.9 Å². The number of carbonyl (C=O) groups excluding carboxylic acids is 1. The highest BCUT2D eigenvalue weighted by molar-refractivity contribution is 7.14. The lowest BCUT2D eigenvalue weighted by molar-refractivity contribution is -0.116. The highest BCUT2D eigenvalue weighted by Crippen LogP contribution is 2.30. The molecular weight excluding hydrogens is 402 g/mol. The van der Waals surface area contributed by atoms with Crippen LogP contribution < -0.4 is 5.32 Å². The van der Waals surface area contributed by atoms with Crippen LogP contribution in [0, 0.1) is 11.6 Å². The molecule has 0 fully saturated rings. The second-order valence-electron chi connectivity index (χ2n) is 6.79. The Bertz CT molecular complexity index is 1110. The highest BCUT2D eigenvalue weighted by Gasteiger charge is 2.19. The van der Waals surface area contributed by atoms with Gasteiger partial charge in [-0.25, -0.2) is 13.8 Å². The molecule has 4 rings (SSSR count). The van der Waals surface area contributed by atoms with Gasteiger partial charge in [0, 0.05) is 23.3 Å². The molecule has 0 aliphatic heterocycles. The van der Waals surface area contributed by atoms with Crippen molar-refractivity contribution in [3.63, 3.8) is 0 Å². The lowest BCUT2D eigenvalue weighted by Gasteiger charge is -2.17. The maximum absolute atomic E-state index is 14.0. The second-order valence-corrected chi connectivity index (χ2v) is 7.65. The molecule has 6 heteroatoms. The number of anilines is 1. The molecule has 0 saturated heterocycles. The minimum Gasteiger partial charge on any atom is -0.302 e. The first-order chi connectivity index (χ1) is 14.6. The molecule has 0 saturated carbocycles. The minimum atomic E-state index is -0.562. The van der Waals surface area contributed by atoms with E-state index in [-0.39, 0.29) is 29.5 Å². The SMILES string of the molecule is O=C(CC(c1ccccc1)c1ccccc1)Nc1nc(-c2cc(F)ccc2F)cs1. The van der Waals surface area contributed by atoms with E-state index in [4.69, 9.17) is 0 Å². The number of benzene rings is 3. The lowest BCUT2D eigenvalue weighted by atomic mass is 9.88. The summed E-state index contributed by atoms with van der Waals surface area (Å²) in [6, 6.07) is 22.9. The van der Waals surface area contributed by atoms with Gasteiger partial charge in [0.2, 0.25) is 5.91 Å². The monoisotopic (exact) mass is 420 g/mol. The van der Waals surface area contributed by atoms with Crippen LogP contribution in [0.5, 0.6) is 0 Å². The number of thiazole rings is 1. The van der Waals surface area contributed by atoms with Crippen molar-refractivity contribution >= 4 is 22.4 Å². The van der Waals surface area contributed by atoms with Crippen LogP contribution in [0.25, 0.3) is 11.3 Å². The van der Waals surface area contributed by atoms with E-state index in [0.717, 1.165) is 29.3 Å². The van der Waals surface area contributed by atoms with Crippen LogP contribution in [0.2, 0.25) is 0 Å². The van der Waals surface area contributed by atoms with Crippen molar-refractivity contribution < 1.29 is 13.6 Å². The molecular formula is C24H18F2N2OS. The molecule has 1 amide bonds. The second kappa shape index (κ2) is 8.97. The Morgan fingerprint density at radius 2 is 1.57 bits per heavy atom. The number of nitrogens with zero attached hydrogens (tertiary/aromatic N) is 1. The van der Waals surface area contributed by atoms with Gasteiger partial charge < -0.3 is 5.32 Å². The van der Waals surface area contributed by atoms with Gasteiger partial charge in [-0.3, -0.25) is 4.79 Å². The topological polar surface area (TPSA) is 42.0 Å². The van der Waals surface area contributed by atoms with Gasteiger partial charge in [-0.05, 0) is 29.3 Å². The Labute approximate surface area is 177 Å². The fraction of sp³-hybridized carbons (Fsp3) is 0.0833. The summed E-state index contributed by atoms with van der Waals surface area (Å²) in [5.74, 6) is -1.41. The minimum absolute atomic E-state index is 0.0678. The van der Waals surface area contributed by atoms with E-state index in [9.17, 15) is 13.6 Å². The summed E-state index contributed by atoms with van der Waals surface area (Å²) in [5, 5.41) is 4.73. The van der Waals surface area contributed by atoms with Gasteiger partial charge in [0.15, 0.2) is 5.13 Å². The van der Waals surface area contributed by atoms with Gasteiger partial charge in [0.1, 0.15) is 11.6 Å². The third-order valence-corrected chi connectivity index (χ3v) is 5.51. The molecule has 1 aromatic heterocycles. The van der Waals surface area contributed by atoms with Crippen LogP contribution in [0.3, 0.4) is 0 Å². The van der Waals surface area contributed by atoms with Gasteiger partial charge in [0.25, 0.3) is 0 Å². The first-order valence-corrected chi connectivity index (χ1v) is 10.3. The average Bonchev–Trinajstić information content (AvgIpc) is 3.23. The van der Waals surface area contributed by atoms with Gasteiger partial charge in [-0.2, -0.15) is 0 Å². The zero-order valence-corrected chi connectivity index (χ0v) is 16.7. The lowest BCUT2D eigenvalue weighted by Crippen LogP contribution is -2.16. The molecule has 0 aliphatic carbocycles. The van der Waals surface area contributed by atoms with Gasteiger partial charge >= 0.3 is 0 Å². The summed E-state index contributed by atoms with van der Waals surface area (Å²) in [5.41, 5.74) is 2.44. The number of carbonyl (C=O) groups is 1. The molecule has 0 aliphatic rings. The Hall–Kier alpha value is -3.38. The zero-order valence-electron chi connectivity index (χ0n) is 15.9. The number of aromatic nitrogens is 1. The van der Waals surface area contributed by atoms with Gasteiger partial charge in [0.05, 0.1) is 5.69 Å². The maximum Gasteiger partial charge on any atom is 0.227 e. The molecule has 150 valence electrons. The van der Waals surface area contributed by atoms with Crippen LogP contribution in [-0.4, -0.2) is 10.9 Å². The molecule has 0 spiro atoms. The Morgan fingerprint density at radius 3 is 2.20 bits per heavy atom. The molecule has 0 radical (unpaired) electrons. The quantitative estimate of drug-likeness (QED) is 0.401. The van der Waals surface area contributed by atoms with Gasteiger partial charge in [-0.15, -0.1) is 11.3 Å². The fourth-order valence-corrected chi connectivity index (χ4v) is 4.03. The summed E-state index contributed by atoms with van der Waals surface area (Å²) in [6.07, 6.45) is 0.233. The Morgan fingerprint density at radius 1 is 0.933 bits per heavy atom. The summed E-state index contributed by atoms with van der Waals surface area (Å²) in [7, 11) is 0. The van der Waals surface area contributed by atoms with Crippen molar-refractivity contribution in [3.8, 4) is 11.3 Å². The van der Waals surface area contributed by atoms with Crippen LogP contribution in [0.15, 0.2) is 84.2 Å². The van der Waals surface area contributed by atoms with E-state index in [1.807, 2.05) is 60.7 Å². The number of hydrogen-bond donors (Lipinski definition) is 1. The van der Waals surface area contributed by atoms with Crippen molar-refractivity contribution in [1.82, 2.24) is 4.98 Å². The Balaban J connectivity index is 1.52. The van der Waals surface area contributed by atoms with Crippen molar-refractivity contribution in [2.75, 3.05) is 5.32 Å². The zero-order chi connectivity index (χ0) is 20.9.